The van der Waals surface area contributed by atoms with Gasteiger partial charge in [0.2, 0.25) is 0 Å². The van der Waals surface area contributed by atoms with Gasteiger partial charge in [0.05, 0.1) is 5.92 Å². The van der Waals surface area contributed by atoms with Gasteiger partial charge in [0.1, 0.15) is 12.1 Å². The SMILES string of the molecule is NC1(C(=O)O)CCCCC1C(=O)OCc1ccccc1. The van der Waals surface area contributed by atoms with Gasteiger partial charge in [0, 0.05) is 0 Å². The molecular weight excluding hydrogens is 258 g/mol. The molecule has 108 valence electrons. The summed E-state index contributed by atoms with van der Waals surface area (Å²) < 4.78 is 5.23. The molecule has 0 spiro atoms. The molecule has 5 nitrogen and oxygen atoms in total. The van der Waals surface area contributed by atoms with E-state index in [1.807, 2.05) is 30.3 Å². The summed E-state index contributed by atoms with van der Waals surface area (Å²) >= 11 is 0. The second-order valence-electron chi connectivity index (χ2n) is 5.24. The Hall–Kier alpha value is -1.88. The first-order valence-corrected chi connectivity index (χ1v) is 6.77. The van der Waals surface area contributed by atoms with Crippen molar-refractivity contribution in [1.82, 2.24) is 0 Å². The van der Waals surface area contributed by atoms with Crippen LogP contribution in [0.1, 0.15) is 31.2 Å². The zero-order chi connectivity index (χ0) is 14.6. The summed E-state index contributed by atoms with van der Waals surface area (Å²) in [5, 5.41) is 9.27. The molecule has 0 bridgehead atoms. The smallest absolute Gasteiger partial charge is 0.324 e. The molecule has 0 heterocycles. The van der Waals surface area contributed by atoms with E-state index in [1.165, 1.54) is 0 Å². The third-order valence-corrected chi connectivity index (χ3v) is 3.86. The van der Waals surface area contributed by atoms with Crippen molar-refractivity contribution in [2.75, 3.05) is 0 Å². The van der Waals surface area contributed by atoms with Gasteiger partial charge in [-0.1, -0.05) is 43.2 Å². The maximum absolute atomic E-state index is 12.1. The van der Waals surface area contributed by atoms with Crippen molar-refractivity contribution in [2.45, 2.75) is 37.8 Å². The van der Waals surface area contributed by atoms with Gasteiger partial charge in [-0.05, 0) is 18.4 Å². The van der Waals surface area contributed by atoms with Crippen LogP contribution in [0.15, 0.2) is 30.3 Å². The molecule has 2 rings (SSSR count). The second-order valence-corrected chi connectivity index (χ2v) is 5.24. The number of benzene rings is 1. The van der Waals surface area contributed by atoms with E-state index in [0.29, 0.717) is 12.8 Å². The summed E-state index contributed by atoms with van der Waals surface area (Å²) in [6, 6.07) is 9.28. The molecule has 20 heavy (non-hydrogen) atoms. The average molecular weight is 277 g/mol. The maximum Gasteiger partial charge on any atom is 0.324 e. The van der Waals surface area contributed by atoms with Crippen LogP contribution in [0.5, 0.6) is 0 Å². The van der Waals surface area contributed by atoms with Gasteiger partial charge in [-0.25, -0.2) is 0 Å². The number of rotatable bonds is 4. The minimum Gasteiger partial charge on any atom is -0.480 e. The van der Waals surface area contributed by atoms with Crippen LogP contribution in [0.3, 0.4) is 0 Å². The zero-order valence-corrected chi connectivity index (χ0v) is 11.2. The fraction of sp³-hybridized carbons (Fsp3) is 0.467. The molecule has 0 saturated heterocycles. The number of hydrogen-bond donors (Lipinski definition) is 2. The van der Waals surface area contributed by atoms with Crippen molar-refractivity contribution in [3.63, 3.8) is 0 Å². The quantitative estimate of drug-likeness (QED) is 0.818. The molecule has 0 aromatic heterocycles. The molecule has 5 heteroatoms. The van der Waals surface area contributed by atoms with Crippen molar-refractivity contribution in [1.29, 1.82) is 0 Å². The monoisotopic (exact) mass is 277 g/mol. The molecule has 1 aliphatic carbocycles. The van der Waals surface area contributed by atoms with E-state index in [1.54, 1.807) is 0 Å². The van der Waals surface area contributed by atoms with Crippen LogP contribution in [-0.2, 0) is 20.9 Å². The van der Waals surface area contributed by atoms with Gasteiger partial charge in [-0.15, -0.1) is 0 Å². The third kappa shape index (κ3) is 2.99. The Morgan fingerprint density at radius 1 is 1.30 bits per heavy atom. The van der Waals surface area contributed by atoms with Crippen molar-refractivity contribution in [3.05, 3.63) is 35.9 Å². The van der Waals surface area contributed by atoms with E-state index >= 15 is 0 Å². The highest BCUT2D eigenvalue weighted by molar-refractivity contribution is 5.87. The Balaban J connectivity index is 2.02. The molecule has 2 unspecified atom stereocenters. The minimum atomic E-state index is -1.49. The van der Waals surface area contributed by atoms with Crippen LogP contribution >= 0.6 is 0 Å². The number of carbonyl (C=O) groups excluding carboxylic acids is 1. The number of carboxylic acid groups (broad SMARTS) is 1. The fourth-order valence-electron chi connectivity index (χ4n) is 2.61. The van der Waals surface area contributed by atoms with E-state index in [-0.39, 0.29) is 6.61 Å². The molecule has 1 aromatic carbocycles. The number of nitrogens with two attached hydrogens (primary N) is 1. The Kier molecular flexibility index (Phi) is 4.39. The molecular formula is C15H19NO4. The number of esters is 1. The predicted octanol–water partition coefficient (Wildman–Crippen LogP) is 1.70. The lowest BCUT2D eigenvalue weighted by Gasteiger charge is -2.35. The van der Waals surface area contributed by atoms with Crippen molar-refractivity contribution >= 4 is 11.9 Å². The summed E-state index contributed by atoms with van der Waals surface area (Å²) in [5.74, 6) is -2.41. The highest BCUT2D eigenvalue weighted by Crippen LogP contribution is 2.33. The van der Waals surface area contributed by atoms with Crippen LogP contribution in [0, 0.1) is 5.92 Å². The normalized spacial score (nSPS) is 25.9. The first-order valence-electron chi connectivity index (χ1n) is 6.77. The summed E-state index contributed by atoms with van der Waals surface area (Å²) in [6.45, 7) is 0.145. The standard InChI is InChI=1S/C15H19NO4/c16-15(14(18)19)9-5-4-8-12(15)13(17)20-10-11-6-2-1-3-7-11/h1-3,6-7,12H,4-5,8-10,16H2,(H,18,19). The lowest BCUT2D eigenvalue weighted by molar-refractivity contribution is -0.162. The Bertz CT molecular complexity index is 488. The largest absolute Gasteiger partial charge is 0.480 e. The van der Waals surface area contributed by atoms with Crippen molar-refractivity contribution in [2.24, 2.45) is 11.7 Å². The number of carbonyl (C=O) groups is 2. The topological polar surface area (TPSA) is 89.6 Å². The Morgan fingerprint density at radius 2 is 2.00 bits per heavy atom. The first-order chi connectivity index (χ1) is 9.54. The molecule has 0 amide bonds. The van der Waals surface area contributed by atoms with E-state index < -0.39 is 23.4 Å². The van der Waals surface area contributed by atoms with Gasteiger partial charge in [0.15, 0.2) is 0 Å². The summed E-state index contributed by atoms with van der Waals surface area (Å²) in [4.78, 5) is 23.5. The van der Waals surface area contributed by atoms with Gasteiger partial charge in [0.25, 0.3) is 0 Å². The lowest BCUT2D eigenvalue weighted by atomic mass is 9.73. The predicted molar refractivity (Wildman–Crippen MR) is 72.8 cm³/mol. The van der Waals surface area contributed by atoms with Crippen LogP contribution < -0.4 is 5.73 Å². The molecule has 3 N–H and O–H groups in total. The van der Waals surface area contributed by atoms with Crippen LogP contribution in [-0.4, -0.2) is 22.6 Å². The Labute approximate surface area is 117 Å². The lowest BCUT2D eigenvalue weighted by Crippen LogP contribution is -2.58. The highest BCUT2D eigenvalue weighted by Gasteiger charge is 2.48. The van der Waals surface area contributed by atoms with Gasteiger partial charge < -0.3 is 15.6 Å². The number of aliphatic carboxylic acids is 1. The summed E-state index contributed by atoms with van der Waals surface area (Å²) in [7, 11) is 0. The van der Waals surface area contributed by atoms with Crippen LogP contribution in [0.25, 0.3) is 0 Å². The number of carboxylic acids is 1. The van der Waals surface area contributed by atoms with Gasteiger partial charge >= 0.3 is 11.9 Å². The van der Waals surface area contributed by atoms with E-state index in [9.17, 15) is 14.7 Å². The highest BCUT2D eigenvalue weighted by atomic mass is 16.5. The van der Waals surface area contributed by atoms with Gasteiger partial charge in [-0.3, -0.25) is 9.59 Å². The average Bonchev–Trinajstić information content (AvgIpc) is 2.46. The molecule has 0 radical (unpaired) electrons. The van der Waals surface area contributed by atoms with E-state index in [2.05, 4.69) is 0 Å². The van der Waals surface area contributed by atoms with Crippen LogP contribution in [0.4, 0.5) is 0 Å². The van der Waals surface area contributed by atoms with Crippen molar-refractivity contribution in [3.8, 4) is 0 Å². The molecule has 2 atom stereocenters. The number of ether oxygens (including phenoxy) is 1. The fourth-order valence-corrected chi connectivity index (χ4v) is 2.61. The summed E-state index contributed by atoms with van der Waals surface area (Å²) in [5.41, 5.74) is 5.29. The Morgan fingerprint density at radius 3 is 2.65 bits per heavy atom. The molecule has 1 saturated carbocycles. The second kappa shape index (κ2) is 6.05. The van der Waals surface area contributed by atoms with Crippen molar-refractivity contribution < 1.29 is 19.4 Å². The first kappa shape index (κ1) is 14.5. The molecule has 1 fully saturated rings. The third-order valence-electron chi connectivity index (χ3n) is 3.86. The van der Waals surface area contributed by atoms with E-state index in [4.69, 9.17) is 10.5 Å². The summed E-state index contributed by atoms with van der Waals surface area (Å²) in [6.07, 6.45) is 2.31. The zero-order valence-electron chi connectivity index (χ0n) is 11.2. The van der Waals surface area contributed by atoms with Gasteiger partial charge in [-0.2, -0.15) is 0 Å². The number of hydrogen-bond acceptors (Lipinski definition) is 4. The molecule has 1 aromatic rings. The molecule has 1 aliphatic rings. The maximum atomic E-state index is 12.1. The molecule has 0 aliphatic heterocycles. The minimum absolute atomic E-state index is 0.145. The van der Waals surface area contributed by atoms with Crippen LogP contribution in [0.2, 0.25) is 0 Å². The van der Waals surface area contributed by atoms with E-state index in [0.717, 1.165) is 18.4 Å².